The minimum Gasteiger partial charge on any atom is -0.366 e. The van der Waals surface area contributed by atoms with Crippen molar-refractivity contribution in [1.29, 1.82) is 0 Å². The topological polar surface area (TPSA) is 98.0 Å². The number of hydrogen-bond donors (Lipinski definition) is 2. The van der Waals surface area contributed by atoms with Gasteiger partial charge in [-0.15, -0.1) is 22.7 Å². The Balaban J connectivity index is 1.71. The van der Waals surface area contributed by atoms with E-state index in [1.807, 2.05) is 24.4 Å². The van der Waals surface area contributed by atoms with Crippen LogP contribution in [0.4, 0.5) is 5.13 Å². The molecular formula is C20H20N4O2S2. The molecule has 2 amide bonds. The molecule has 3 aromatic rings. The third-order valence-corrected chi connectivity index (χ3v) is 6.45. The second kappa shape index (κ2) is 8.45. The molecule has 28 heavy (non-hydrogen) atoms. The lowest BCUT2D eigenvalue weighted by atomic mass is 10.1. The van der Waals surface area contributed by atoms with Gasteiger partial charge >= 0.3 is 0 Å². The highest BCUT2D eigenvalue weighted by Gasteiger charge is 2.19. The Bertz CT molecular complexity index is 1020. The van der Waals surface area contributed by atoms with Crippen molar-refractivity contribution in [1.82, 2.24) is 9.97 Å². The van der Waals surface area contributed by atoms with Crippen LogP contribution in [0.5, 0.6) is 0 Å². The molecule has 3 N–H and O–H groups in total. The number of primary amides is 1. The van der Waals surface area contributed by atoms with Gasteiger partial charge in [-0.25, -0.2) is 4.98 Å². The molecule has 0 aliphatic rings. The number of thiophene rings is 1. The lowest BCUT2D eigenvalue weighted by Gasteiger charge is -2.08. The Hall–Kier alpha value is -2.84. The summed E-state index contributed by atoms with van der Waals surface area (Å²) in [4.78, 5) is 34.3. The molecule has 0 aliphatic heterocycles. The minimum absolute atomic E-state index is 0.0865. The number of carbonyl (C=O) groups excluding carboxylic acids is 2. The van der Waals surface area contributed by atoms with E-state index in [1.54, 1.807) is 18.5 Å². The quantitative estimate of drug-likeness (QED) is 0.572. The molecule has 0 aromatic carbocycles. The van der Waals surface area contributed by atoms with Gasteiger partial charge in [0.05, 0.1) is 17.2 Å². The number of nitrogens with one attached hydrogen (secondary N) is 1. The lowest BCUT2D eigenvalue weighted by Crippen LogP contribution is -2.17. The molecule has 3 heterocycles. The van der Waals surface area contributed by atoms with Crippen LogP contribution in [-0.2, 0) is 16.0 Å². The maximum Gasteiger partial charge on any atom is 0.250 e. The van der Waals surface area contributed by atoms with Gasteiger partial charge in [-0.05, 0) is 36.4 Å². The number of rotatable bonds is 7. The molecule has 0 bridgehead atoms. The molecule has 0 saturated heterocycles. The third kappa shape index (κ3) is 4.35. The van der Waals surface area contributed by atoms with Crippen LogP contribution in [0, 0.1) is 0 Å². The highest BCUT2D eigenvalue weighted by Crippen LogP contribution is 2.31. The summed E-state index contributed by atoms with van der Waals surface area (Å²) in [6, 6.07) is 5.55. The van der Waals surface area contributed by atoms with Gasteiger partial charge in [-0.2, -0.15) is 0 Å². The first-order valence-corrected chi connectivity index (χ1v) is 10.4. The highest BCUT2D eigenvalue weighted by atomic mass is 32.1. The van der Waals surface area contributed by atoms with Gasteiger partial charge in [0, 0.05) is 27.7 Å². The number of amides is 2. The van der Waals surface area contributed by atoms with E-state index in [0.717, 1.165) is 27.3 Å². The number of carbonyl (C=O) groups is 2. The van der Waals surface area contributed by atoms with E-state index in [4.69, 9.17) is 5.73 Å². The molecule has 0 radical (unpaired) electrons. The number of aryl methyl sites for hydroxylation is 1. The molecule has 6 nitrogen and oxygen atoms in total. The van der Waals surface area contributed by atoms with Gasteiger partial charge in [0.25, 0.3) is 0 Å². The summed E-state index contributed by atoms with van der Waals surface area (Å²) in [5.74, 6) is -0.976. The summed E-state index contributed by atoms with van der Waals surface area (Å²) < 4.78 is 0. The van der Waals surface area contributed by atoms with E-state index >= 15 is 0 Å². The van der Waals surface area contributed by atoms with Crippen LogP contribution in [0.25, 0.3) is 16.7 Å². The molecule has 3 aromatic heterocycles. The summed E-state index contributed by atoms with van der Waals surface area (Å²) in [5.41, 5.74) is 7.71. The second-order valence-electron chi connectivity index (χ2n) is 6.21. The van der Waals surface area contributed by atoms with Crippen LogP contribution >= 0.6 is 22.7 Å². The fourth-order valence-corrected chi connectivity index (χ4v) is 4.20. The van der Waals surface area contributed by atoms with Gasteiger partial charge in [0.1, 0.15) is 0 Å². The largest absolute Gasteiger partial charge is 0.366 e. The normalized spacial score (nSPS) is 11.8. The molecule has 0 spiro atoms. The van der Waals surface area contributed by atoms with Gasteiger partial charge < -0.3 is 11.1 Å². The SMILES string of the molecule is C=C(C(N)=O)c1ccc(-c2csc(C(C)C(=O)Nc3ncc(CC)s3)c2)cn1. The molecule has 1 atom stereocenters. The van der Waals surface area contributed by atoms with E-state index in [1.165, 1.54) is 22.7 Å². The number of thiazole rings is 1. The maximum atomic E-state index is 12.5. The van der Waals surface area contributed by atoms with Crippen molar-refractivity contribution in [2.45, 2.75) is 26.2 Å². The molecule has 0 aliphatic carbocycles. The van der Waals surface area contributed by atoms with E-state index in [2.05, 4.69) is 28.8 Å². The Morgan fingerprint density at radius 2 is 2.04 bits per heavy atom. The molecule has 3 rings (SSSR count). The molecule has 8 heteroatoms. The highest BCUT2D eigenvalue weighted by molar-refractivity contribution is 7.15. The molecule has 0 saturated carbocycles. The van der Waals surface area contributed by atoms with Gasteiger partial charge in [-0.3, -0.25) is 14.6 Å². The van der Waals surface area contributed by atoms with Crippen LogP contribution in [0.2, 0.25) is 0 Å². The van der Waals surface area contributed by atoms with E-state index < -0.39 is 5.91 Å². The van der Waals surface area contributed by atoms with Crippen molar-refractivity contribution in [3.8, 4) is 11.1 Å². The molecule has 144 valence electrons. The first kappa shape index (κ1) is 19.9. The smallest absolute Gasteiger partial charge is 0.250 e. The van der Waals surface area contributed by atoms with Crippen molar-refractivity contribution in [2.75, 3.05) is 5.32 Å². The number of anilines is 1. The Morgan fingerprint density at radius 1 is 1.25 bits per heavy atom. The number of nitrogens with zero attached hydrogens (tertiary/aromatic N) is 2. The van der Waals surface area contributed by atoms with Crippen LogP contribution in [0.3, 0.4) is 0 Å². The van der Waals surface area contributed by atoms with Crippen LogP contribution < -0.4 is 11.1 Å². The summed E-state index contributed by atoms with van der Waals surface area (Å²) >= 11 is 3.01. The summed E-state index contributed by atoms with van der Waals surface area (Å²) in [6.45, 7) is 7.56. The van der Waals surface area contributed by atoms with E-state index in [9.17, 15) is 9.59 Å². The molecule has 0 fully saturated rings. The second-order valence-corrected chi connectivity index (χ2v) is 8.27. The van der Waals surface area contributed by atoms with Crippen molar-refractivity contribution < 1.29 is 9.59 Å². The third-order valence-electron chi connectivity index (χ3n) is 4.28. The summed E-state index contributed by atoms with van der Waals surface area (Å²) in [6.07, 6.45) is 4.36. The Kier molecular flexibility index (Phi) is 6.01. The Morgan fingerprint density at radius 3 is 2.64 bits per heavy atom. The van der Waals surface area contributed by atoms with Crippen molar-refractivity contribution in [3.63, 3.8) is 0 Å². The van der Waals surface area contributed by atoms with E-state index in [0.29, 0.717) is 10.8 Å². The maximum absolute atomic E-state index is 12.5. The van der Waals surface area contributed by atoms with Crippen LogP contribution in [0.15, 0.2) is 42.6 Å². The zero-order chi connectivity index (χ0) is 20.3. The molecule has 1 unspecified atom stereocenters. The standard InChI is InChI=1S/C20H20N4O2S2/c1-4-15-9-23-20(28-15)24-19(26)12(3)17-7-14(10-27-17)13-5-6-16(22-8-13)11(2)18(21)25/h5-10,12H,2,4H2,1,3H3,(H2,21,25)(H,23,24,26). The minimum atomic E-state index is -0.593. The van der Waals surface area contributed by atoms with Crippen LogP contribution in [-0.4, -0.2) is 21.8 Å². The predicted octanol–water partition coefficient (Wildman–Crippen LogP) is 4.07. The number of pyridine rings is 1. The summed E-state index contributed by atoms with van der Waals surface area (Å²) in [5, 5.41) is 5.49. The summed E-state index contributed by atoms with van der Waals surface area (Å²) in [7, 11) is 0. The predicted molar refractivity (Wildman–Crippen MR) is 114 cm³/mol. The van der Waals surface area contributed by atoms with Gasteiger partial charge in [0.2, 0.25) is 11.8 Å². The average molecular weight is 413 g/mol. The zero-order valence-electron chi connectivity index (χ0n) is 15.6. The number of nitrogens with two attached hydrogens (primary N) is 1. The zero-order valence-corrected chi connectivity index (χ0v) is 17.2. The fraction of sp³-hybridized carbons (Fsp3) is 0.200. The lowest BCUT2D eigenvalue weighted by molar-refractivity contribution is -0.117. The van der Waals surface area contributed by atoms with E-state index in [-0.39, 0.29) is 17.4 Å². The Labute approximate surface area is 171 Å². The fourth-order valence-electron chi connectivity index (χ4n) is 2.47. The van der Waals surface area contributed by atoms with Crippen LogP contribution in [0.1, 0.15) is 35.2 Å². The van der Waals surface area contributed by atoms with Gasteiger partial charge in [-0.1, -0.05) is 19.6 Å². The van der Waals surface area contributed by atoms with Crippen molar-refractivity contribution in [2.24, 2.45) is 5.73 Å². The van der Waals surface area contributed by atoms with Crippen molar-refractivity contribution >= 4 is 45.2 Å². The number of hydrogen-bond acceptors (Lipinski definition) is 6. The van der Waals surface area contributed by atoms with Crippen molar-refractivity contribution in [3.05, 3.63) is 58.0 Å². The molecular weight excluding hydrogens is 392 g/mol. The average Bonchev–Trinajstić information content (AvgIpc) is 3.36. The van der Waals surface area contributed by atoms with Gasteiger partial charge in [0.15, 0.2) is 5.13 Å². The number of aromatic nitrogens is 2. The first-order chi connectivity index (χ1) is 13.4. The monoisotopic (exact) mass is 412 g/mol. The first-order valence-electron chi connectivity index (χ1n) is 8.68.